The van der Waals surface area contributed by atoms with Crippen molar-refractivity contribution in [3.63, 3.8) is 0 Å². The van der Waals surface area contributed by atoms with E-state index in [0.29, 0.717) is 30.1 Å². The van der Waals surface area contributed by atoms with Gasteiger partial charge in [0.25, 0.3) is 5.91 Å². The molecule has 0 atom stereocenters. The smallest absolute Gasteiger partial charge is 0.416 e. The fraction of sp³-hybridized carbons (Fsp3) is 0.273. The summed E-state index contributed by atoms with van der Waals surface area (Å²) in [6.07, 6.45) is -1.30. The fourth-order valence-corrected chi connectivity index (χ4v) is 3.44. The third kappa shape index (κ3) is 4.72. The topological polar surface area (TPSA) is 61.6 Å². The first-order valence-electron chi connectivity index (χ1n) is 9.77. The van der Waals surface area contributed by atoms with E-state index in [-0.39, 0.29) is 11.4 Å². The number of carbonyl (C=O) groups excluding carboxylic acids is 1. The summed E-state index contributed by atoms with van der Waals surface area (Å²) in [5, 5.41) is 2.61. The van der Waals surface area contributed by atoms with E-state index in [4.69, 9.17) is 4.42 Å². The number of alkyl halides is 3. The second-order valence-corrected chi connectivity index (χ2v) is 7.38. The van der Waals surface area contributed by atoms with E-state index in [2.05, 4.69) is 15.2 Å². The minimum Gasteiger partial charge on any atom is -0.451 e. The van der Waals surface area contributed by atoms with Crippen molar-refractivity contribution in [1.29, 1.82) is 0 Å². The molecule has 6 nitrogen and oxygen atoms in total. The molecule has 1 aliphatic rings. The molecule has 2 aromatic heterocycles. The lowest BCUT2D eigenvalue weighted by molar-refractivity contribution is -0.137. The molecule has 0 aliphatic carbocycles. The summed E-state index contributed by atoms with van der Waals surface area (Å²) in [6, 6.07) is 10.1. The highest BCUT2D eigenvalue weighted by Crippen LogP contribution is 2.36. The number of hydrogen-bond donors (Lipinski definition) is 1. The van der Waals surface area contributed by atoms with Crippen molar-refractivity contribution in [2.24, 2.45) is 0 Å². The van der Waals surface area contributed by atoms with Gasteiger partial charge >= 0.3 is 6.18 Å². The molecular formula is C22H21F3N4O2. The zero-order valence-corrected chi connectivity index (χ0v) is 16.8. The molecule has 31 heavy (non-hydrogen) atoms. The van der Waals surface area contributed by atoms with Gasteiger partial charge in [-0.15, -0.1) is 0 Å². The predicted molar refractivity (Wildman–Crippen MR) is 111 cm³/mol. The highest BCUT2D eigenvalue weighted by molar-refractivity contribution is 6.04. The molecule has 4 rings (SSSR count). The number of benzene rings is 1. The van der Waals surface area contributed by atoms with E-state index in [1.54, 1.807) is 30.6 Å². The van der Waals surface area contributed by atoms with E-state index in [1.165, 1.54) is 12.1 Å². The molecule has 1 aliphatic heterocycles. The SMILES string of the molecule is CN1CCN(c2ccc(C(F)(F)F)cc2NC(=O)c2ccc(-c3cccnc3)o2)CC1. The van der Waals surface area contributed by atoms with Crippen molar-refractivity contribution in [1.82, 2.24) is 9.88 Å². The van der Waals surface area contributed by atoms with Gasteiger partial charge in [-0.3, -0.25) is 9.78 Å². The van der Waals surface area contributed by atoms with Gasteiger partial charge in [0.1, 0.15) is 5.76 Å². The van der Waals surface area contributed by atoms with Crippen molar-refractivity contribution in [3.05, 3.63) is 66.2 Å². The summed E-state index contributed by atoms with van der Waals surface area (Å²) in [5.41, 5.74) is 0.520. The molecule has 0 unspecified atom stereocenters. The van der Waals surface area contributed by atoms with Crippen molar-refractivity contribution < 1.29 is 22.4 Å². The molecule has 1 amide bonds. The number of rotatable bonds is 4. The summed E-state index contributed by atoms with van der Waals surface area (Å²) >= 11 is 0. The number of nitrogens with zero attached hydrogens (tertiary/aromatic N) is 3. The van der Waals surface area contributed by atoms with E-state index in [9.17, 15) is 18.0 Å². The second-order valence-electron chi connectivity index (χ2n) is 7.38. The average molecular weight is 430 g/mol. The van der Waals surface area contributed by atoms with Crippen LogP contribution in [0.15, 0.2) is 59.3 Å². The molecule has 1 N–H and O–H groups in total. The maximum absolute atomic E-state index is 13.3. The zero-order chi connectivity index (χ0) is 22.0. The Morgan fingerprint density at radius 2 is 1.87 bits per heavy atom. The number of halogens is 3. The number of likely N-dealkylation sites (N-methyl/N-ethyl adjacent to an activating group) is 1. The summed E-state index contributed by atoms with van der Waals surface area (Å²) in [4.78, 5) is 20.9. The van der Waals surface area contributed by atoms with Crippen LogP contribution >= 0.6 is 0 Å². The van der Waals surface area contributed by atoms with Crippen LogP contribution in [0.25, 0.3) is 11.3 Å². The van der Waals surface area contributed by atoms with Crippen LogP contribution in [0.4, 0.5) is 24.5 Å². The Morgan fingerprint density at radius 3 is 2.55 bits per heavy atom. The minimum absolute atomic E-state index is 0.000548. The maximum atomic E-state index is 13.3. The van der Waals surface area contributed by atoms with Gasteiger partial charge in [-0.25, -0.2) is 0 Å². The van der Waals surface area contributed by atoms with Crippen LogP contribution in [0.5, 0.6) is 0 Å². The fourth-order valence-electron chi connectivity index (χ4n) is 3.44. The molecule has 9 heteroatoms. The monoisotopic (exact) mass is 430 g/mol. The van der Waals surface area contributed by atoms with Gasteiger partial charge in [-0.1, -0.05) is 0 Å². The van der Waals surface area contributed by atoms with Gasteiger partial charge in [0, 0.05) is 44.1 Å². The number of carbonyl (C=O) groups is 1. The maximum Gasteiger partial charge on any atom is 0.416 e. The van der Waals surface area contributed by atoms with Crippen LogP contribution in [-0.2, 0) is 6.18 Å². The van der Waals surface area contributed by atoms with Crippen LogP contribution in [0.2, 0.25) is 0 Å². The molecule has 0 saturated carbocycles. The Balaban J connectivity index is 1.61. The van der Waals surface area contributed by atoms with Crippen molar-refractivity contribution in [2.45, 2.75) is 6.18 Å². The van der Waals surface area contributed by atoms with E-state index in [0.717, 1.165) is 25.2 Å². The average Bonchev–Trinajstić information content (AvgIpc) is 3.25. The molecule has 3 heterocycles. The number of aromatic nitrogens is 1. The van der Waals surface area contributed by atoms with Crippen LogP contribution in [-0.4, -0.2) is 49.0 Å². The lowest BCUT2D eigenvalue weighted by atomic mass is 10.1. The van der Waals surface area contributed by atoms with Gasteiger partial charge in [-0.05, 0) is 49.5 Å². The number of amides is 1. The Kier molecular flexibility index (Phi) is 5.69. The van der Waals surface area contributed by atoms with Gasteiger partial charge in [0.05, 0.1) is 16.9 Å². The highest BCUT2D eigenvalue weighted by atomic mass is 19.4. The van der Waals surface area contributed by atoms with Crippen LogP contribution in [0.3, 0.4) is 0 Å². The van der Waals surface area contributed by atoms with Gasteiger partial charge in [0.2, 0.25) is 0 Å². The quantitative estimate of drug-likeness (QED) is 0.666. The third-order valence-electron chi connectivity index (χ3n) is 5.19. The largest absolute Gasteiger partial charge is 0.451 e. The van der Waals surface area contributed by atoms with Crippen LogP contribution < -0.4 is 10.2 Å². The molecule has 162 valence electrons. The predicted octanol–water partition coefficient (Wildman–Crippen LogP) is 4.36. The van der Waals surface area contributed by atoms with Crippen LogP contribution in [0, 0.1) is 0 Å². The third-order valence-corrected chi connectivity index (χ3v) is 5.19. The number of hydrogen-bond acceptors (Lipinski definition) is 5. The van der Waals surface area contributed by atoms with Gasteiger partial charge in [-0.2, -0.15) is 13.2 Å². The van der Waals surface area contributed by atoms with E-state index < -0.39 is 17.6 Å². The summed E-state index contributed by atoms with van der Waals surface area (Å²) < 4.78 is 45.5. The van der Waals surface area contributed by atoms with E-state index in [1.807, 2.05) is 11.9 Å². The number of pyridine rings is 1. The molecule has 0 radical (unpaired) electrons. The molecular weight excluding hydrogens is 409 g/mol. The Labute approximate surface area is 177 Å². The minimum atomic E-state index is -4.52. The molecule has 3 aromatic rings. The number of furan rings is 1. The second kappa shape index (κ2) is 8.43. The Morgan fingerprint density at radius 1 is 1.10 bits per heavy atom. The zero-order valence-electron chi connectivity index (χ0n) is 16.8. The first-order chi connectivity index (χ1) is 14.8. The standard InChI is InChI=1S/C22H21F3N4O2/c1-28-9-11-29(12-10-28)18-5-4-16(22(23,24)25)13-17(18)27-21(30)20-7-6-19(31-20)15-3-2-8-26-14-15/h2-8,13-14H,9-12H2,1H3,(H,27,30). The Hall–Kier alpha value is -3.33. The van der Waals surface area contributed by atoms with Gasteiger partial charge < -0.3 is 19.5 Å². The first-order valence-corrected chi connectivity index (χ1v) is 9.77. The molecule has 1 aromatic carbocycles. The van der Waals surface area contributed by atoms with Crippen LogP contribution in [0.1, 0.15) is 16.1 Å². The number of nitrogens with one attached hydrogen (secondary N) is 1. The lowest BCUT2D eigenvalue weighted by Crippen LogP contribution is -2.44. The Bertz CT molecular complexity index is 1060. The molecule has 1 saturated heterocycles. The molecule has 0 bridgehead atoms. The lowest BCUT2D eigenvalue weighted by Gasteiger charge is -2.35. The summed E-state index contributed by atoms with van der Waals surface area (Å²) in [5.74, 6) is -0.174. The summed E-state index contributed by atoms with van der Waals surface area (Å²) in [6.45, 7) is 2.86. The van der Waals surface area contributed by atoms with Crippen molar-refractivity contribution in [2.75, 3.05) is 43.4 Å². The first kappa shape index (κ1) is 20.9. The number of piperazine rings is 1. The highest BCUT2D eigenvalue weighted by Gasteiger charge is 2.32. The van der Waals surface area contributed by atoms with Crippen molar-refractivity contribution in [3.8, 4) is 11.3 Å². The van der Waals surface area contributed by atoms with Gasteiger partial charge in [0.15, 0.2) is 5.76 Å². The number of anilines is 2. The van der Waals surface area contributed by atoms with E-state index >= 15 is 0 Å². The van der Waals surface area contributed by atoms with Crippen molar-refractivity contribution >= 4 is 17.3 Å². The molecule has 1 fully saturated rings. The normalized spacial score (nSPS) is 15.2. The molecule has 0 spiro atoms. The summed E-state index contributed by atoms with van der Waals surface area (Å²) in [7, 11) is 1.99.